The summed E-state index contributed by atoms with van der Waals surface area (Å²) in [6, 6.07) is 10.2. The van der Waals surface area contributed by atoms with Gasteiger partial charge in [0.25, 0.3) is 0 Å². The van der Waals surface area contributed by atoms with Gasteiger partial charge in [0.2, 0.25) is 5.88 Å². The first-order chi connectivity index (χ1) is 9.60. The van der Waals surface area contributed by atoms with Crippen molar-refractivity contribution >= 4 is 11.6 Å². The number of aromatic nitrogens is 1. The molecule has 0 spiro atoms. The van der Waals surface area contributed by atoms with Crippen LogP contribution in [0.1, 0.15) is 19.4 Å². The molecule has 0 aliphatic heterocycles. The molecule has 0 amide bonds. The van der Waals surface area contributed by atoms with Crippen LogP contribution in [-0.4, -0.2) is 18.1 Å². The van der Waals surface area contributed by atoms with E-state index in [1.54, 1.807) is 7.11 Å². The summed E-state index contributed by atoms with van der Waals surface area (Å²) in [5, 5.41) is 4.16. The topological polar surface area (TPSA) is 34.1 Å². The molecule has 0 bridgehead atoms. The lowest BCUT2D eigenvalue weighted by Gasteiger charge is -2.13. The highest BCUT2D eigenvalue weighted by molar-refractivity contribution is 6.30. The van der Waals surface area contributed by atoms with Crippen LogP contribution in [0.2, 0.25) is 5.02 Å². The molecular formula is C16H19ClN2O. The maximum atomic E-state index is 6.10. The molecular weight excluding hydrogens is 272 g/mol. The monoisotopic (exact) mass is 290 g/mol. The Bertz CT molecular complexity index is 567. The third-order valence-electron chi connectivity index (χ3n) is 3.02. The van der Waals surface area contributed by atoms with Crippen LogP contribution in [0.4, 0.5) is 0 Å². The highest BCUT2D eigenvalue weighted by atomic mass is 35.5. The van der Waals surface area contributed by atoms with Crippen molar-refractivity contribution in [1.82, 2.24) is 10.3 Å². The normalized spacial score (nSPS) is 10.8. The van der Waals surface area contributed by atoms with E-state index in [1.807, 2.05) is 36.5 Å². The van der Waals surface area contributed by atoms with Crippen LogP contribution in [0.15, 0.2) is 36.5 Å². The molecule has 2 aromatic rings. The number of rotatable bonds is 5. The molecule has 1 aromatic heterocycles. The molecule has 106 valence electrons. The minimum atomic E-state index is 0.427. The van der Waals surface area contributed by atoms with Gasteiger partial charge in [-0.1, -0.05) is 31.5 Å². The maximum absolute atomic E-state index is 6.10. The second-order valence-corrected chi connectivity index (χ2v) is 5.36. The molecule has 0 atom stereocenters. The van der Waals surface area contributed by atoms with Crippen molar-refractivity contribution in [1.29, 1.82) is 0 Å². The molecule has 4 heteroatoms. The number of hydrogen-bond donors (Lipinski definition) is 1. The van der Waals surface area contributed by atoms with E-state index in [-0.39, 0.29) is 0 Å². The molecule has 0 aliphatic rings. The molecule has 0 unspecified atom stereocenters. The quantitative estimate of drug-likeness (QED) is 0.906. The second-order valence-electron chi connectivity index (χ2n) is 4.93. The van der Waals surface area contributed by atoms with E-state index in [1.165, 1.54) is 0 Å². The predicted molar refractivity (Wildman–Crippen MR) is 83.2 cm³/mol. The fourth-order valence-electron chi connectivity index (χ4n) is 1.96. The highest BCUT2D eigenvalue weighted by Gasteiger charge is 2.07. The van der Waals surface area contributed by atoms with Crippen LogP contribution in [0.25, 0.3) is 11.1 Å². The molecule has 0 radical (unpaired) electrons. The molecule has 1 heterocycles. The molecule has 0 saturated heterocycles. The van der Waals surface area contributed by atoms with Gasteiger partial charge in [-0.15, -0.1) is 0 Å². The van der Waals surface area contributed by atoms with Gasteiger partial charge in [0.05, 0.1) is 7.11 Å². The minimum absolute atomic E-state index is 0.427. The zero-order valence-corrected chi connectivity index (χ0v) is 12.7. The fourth-order valence-corrected chi connectivity index (χ4v) is 2.16. The summed E-state index contributed by atoms with van der Waals surface area (Å²) in [6.07, 6.45) is 1.82. The van der Waals surface area contributed by atoms with E-state index >= 15 is 0 Å². The van der Waals surface area contributed by atoms with E-state index in [2.05, 4.69) is 24.1 Å². The number of hydrogen-bond acceptors (Lipinski definition) is 3. The summed E-state index contributed by atoms with van der Waals surface area (Å²) in [7, 11) is 1.61. The van der Waals surface area contributed by atoms with Gasteiger partial charge in [-0.3, -0.25) is 0 Å². The van der Waals surface area contributed by atoms with Crippen molar-refractivity contribution in [2.45, 2.75) is 26.4 Å². The summed E-state index contributed by atoms with van der Waals surface area (Å²) in [5.74, 6) is 0.615. The Labute approximate surface area is 124 Å². The van der Waals surface area contributed by atoms with Crippen molar-refractivity contribution in [3.8, 4) is 17.0 Å². The van der Waals surface area contributed by atoms with Gasteiger partial charge < -0.3 is 10.1 Å². The van der Waals surface area contributed by atoms with Crippen LogP contribution in [0.3, 0.4) is 0 Å². The van der Waals surface area contributed by atoms with Gasteiger partial charge in [-0.2, -0.15) is 0 Å². The number of benzene rings is 1. The molecule has 3 nitrogen and oxygen atoms in total. The van der Waals surface area contributed by atoms with Gasteiger partial charge in [-0.05, 0) is 29.3 Å². The van der Waals surface area contributed by atoms with Crippen LogP contribution < -0.4 is 10.1 Å². The Hall–Kier alpha value is -1.58. The van der Waals surface area contributed by atoms with E-state index in [0.29, 0.717) is 11.9 Å². The van der Waals surface area contributed by atoms with Crippen molar-refractivity contribution in [3.63, 3.8) is 0 Å². The first kappa shape index (κ1) is 14.8. The Morgan fingerprint density at radius 2 is 2.05 bits per heavy atom. The van der Waals surface area contributed by atoms with Crippen molar-refractivity contribution in [2.24, 2.45) is 0 Å². The van der Waals surface area contributed by atoms with Crippen LogP contribution in [0, 0.1) is 0 Å². The predicted octanol–water partition coefficient (Wildman–Crippen LogP) is 3.91. The summed E-state index contributed by atoms with van der Waals surface area (Å²) in [5.41, 5.74) is 3.36. The molecule has 1 aromatic carbocycles. The van der Waals surface area contributed by atoms with E-state index in [9.17, 15) is 0 Å². The lowest BCUT2D eigenvalue weighted by molar-refractivity contribution is 0.398. The number of pyridine rings is 1. The molecule has 0 saturated carbocycles. The van der Waals surface area contributed by atoms with Crippen LogP contribution in [-0.2, 0) is 6.54 Å². The van der Waals surface area contributed by atoms with Crippen molar-refractivity contribution in [2.75, 3.05) is 7.11 Å². The summed E-state index contributed by atoms with van der Waals surface area (Å²) in [4.78, 5) is 4.26. The first-order valence-corrected chi connectivity index (χ1v) is 7.00. The number of nitrogens with one attached hydrogen (secondary N) is 1. The fraction of sp³-hybridized carbons (Fsp3) is 0.312. The van der Waals surface area contributed by atoms with Crippen molar-refractivity contribution in [3.05, 3.63) is 47.1 Å². The molecule has 1 N–H and O–H groups in total. The van der Waals surface area contributed by atoms with Gasteiger partial charge in [-0.25, -0.2) is 4.98 Å². The number of halogens is 1. The van der Waals surface area contributed by atoms with Crippen LogP contribution >= 0.6 is 11.6 Å². The first-order valence-electron chi connectivity index (χ1n) is 6.62. The van der Waals surface area contributed by atoms with E-state index in [4.69, 9.17) is 16.3 Å². The minimum Gasteiger partial charge on any atom is -0.481 e. The smallest absolute Gasteiger partial charge is 0.212 e. The Morgan fingerprint density at radius 3 is 2.65 bits per heavy atom. The van der Waals surface area contributed by atoms with Gasteiger partial charge >= 0.3 is 0 Å². The Morgan fingerprint density at radius 1 is 1.25 bits per heavy atom. The lowest BCUT2D eigenvalue weighted by atomic mass is 10.0. The summed E-state index contributed by atoms with van der Waals surface area (Å²) in [6.45, 7) is 5.03. The molecule has 0 fully saturated rings. The number of methoxy groups -OCH3 is 1. The molecule has 0 aliphatic carbocycles. The average molecular weight is 291 g/mol. The summed E-state index contributed by atoms with van der Waals surface area (Å²) >= 11 is 6.10. The van der Waals surface area contributed by atoms with Gasteiger partial charge in [0.15, 0.2) is 0 Å². The third-order valence-corrected chi connectivity index (χ3v) is 3.26. The molecule has 2 rings (SSSR count). The number of nitrogens with zero attached hydrogens (tertiary/aromatic N) is 1. The average Bonchev–Trinajstić information content (AvgIpc) is 2.45. The standard InChI is InChI=1S/C16H19ClN2O/c1-11(2)18-10-13-8-14(17)5-6-15(13)12-4-7-16(20-3)19-9-12/h4-9,11,18H,10H2,1-3H3. The van der Waals surface area contributed by atoms with Gasteiger partial charge in [0.1, 0.15) is 0 Å². The number of ether oxygens (including phenoxy) is 1. The Kier molecular flexibility index (Phi) is 4.99. The molecule has 20 heavy (non-hydrogen) atoms. The largest absolute Gasteiger partial charge is 0.481 e. The zero-order valence-electron chi connectivity index (χ0n) is 12.0. The summed E-state index contributed by atoms with van der Waals surface area (Å²) < 4.78 is 5.09. The SMILES string of the molecule is COc1ccc(-c2ccc(Cl)cc2CNC(C)C)cn1. The third kappa shape index (κ3) is 3.71. The van der Waals surface area contributed by atoms with Crippen molar-refractivity contribution < 1.29 is 4.74 Å². The van der Waals surface area contributed by atoms with Gasteiger partial charge in [0, 0.05) is 35.4 Å². The van der Waals surface area contributed by atoms with Crippen LogP contribution in [0.5, 0.6) is 5.88 Å². The van der Waals surface area contributed by atoms with E-state index < -0.39 is 0 Å². The maximum Gasteiger partial charge on any atom is 0.212 e. The second kappa shape index (κ2) is 6.73. The van der Waals surface area contributed by atoms with E-state index in [0.717, 1.165) is 28.3 Å². The zero-order chi connectivity index (χ0) is 14.5. The Balaban J connectivity index is 2.33. The highest BCUT2D eigenvalue weighted by Crippen LogP contribution is 2.27. The lowest BCUT2D eigenvalue weighted by Crippen LogP contribution is -2.22.